The Hall–Kier alpha value is -0.0161. The van der Waals surface area contributed by atoms with Crippen LogP contribution in [-0.4, -0.2) is 5.11 Å². The normalized spacial score (nSPS) is 31.4. The summed E-state index contributed by atoms with van der Waals surface area (Å²) in [5, 5.41) is 9.24. The molecule has 2 aliphatic rings. The molecule has 1 nitrogen and oxygen atoms in total. The Kier molecular flexibility index (Phi) is 7.04. The fraction of sp³-hybridized carbons (Fsp3) is 0.684. The summed E-state index contributed by atoms with van der Waals surface area (Å²) < 4.78 is 27.5. The minimum Gasteiger partial charge on any atom is -0.505 e. The van der Waals surface area contributed by atoms with Crippen molar-refractivity contribution in [3.05, 3.63) is 29.3 Å². The van der Waals surface area contributed by atoms with E-state index >= 15 is 0 Å². The monoisotopic (exact) mass is 397 g/mol. The molecule has 1 radical (unpaired) electrons. The second-order valence-corrected chi connectivity index (χ2v) is 7.43. The van der Waals surface area contributed by atoms with Crippen molar-refractivity contribution < 1.29 is 46.6 Å². The molecule has 0 amide bonds. The van der Waals surface area contributed by atoms with Gasteiger partial charge in [-0.25, -0.2) is 4.39 Å². The average Bonchev–Trinajstić information content (AvgIpc) is 2.54. The number of phenolic OH excluding ortho intramolecular Hbond substituents is 1. The van der Waals surface area contributed by atoms with E-state index in [1.54, 1.807) is 6.07 Å². The van der Waals surface area contributed by atoms with Gasteiger partial charge in [-0.3, -0.25) is 0 Å². The van der Waals surface area contributed by atoms with Crippen LogP contribution in [0.3, 0.4) is 0 Å². The SMILES string of the molecule is CC1CCC(C2CCC(c3ccc(O)c(F)c3F)CC2)CC1.[Y]. The number of hydrogen-bond donors (Lipinski definition) is 1. The Balaban J connectivity index is 0.00000192. The van der Waals surface area contributed by atoms with Gasteiger partial charge in [0, 0.05) is 32.7 Å². The first-order valence-electron chi connectivity index (χ1n) is 8.73. The van der Waals surface area contributed by atoms with Crippen molar-refractivity contribution in [2.75, 3.05) is 0 Å². The fourth-order valence-electron chi connectivity index (χ4n) is 4.53. The van der Waals surface area contributed by atoms with Gasteiger partial charge in [-0.15, -0.1) is 0 Å². The van der Waals surface area contributed by atoms with E-state index in [4.69, 9.17) is 0 Å². The average molecular weight is 397 g/mol. The molecule has 0 spiro atoms. The van der Waals surface area contributed by atoms with Gasteiger partial charge >= 0.3 is 0 Å². The second kappa shape index (κ2) is 8.38. The molecular formula is C19H26F2OY. The zero-order valence-electron chi connectivity index (χ0n) is 13.9. The molecule has 2 aliphatic carbocycles. The largest absolute Gasteiger partial charge is 0.505 e. The van der Waals surface area contributed by atoms with Crippen LogP contribution in [0.5, 0.6) is 5.75 Å². The van der Waals surface area contributed by atoms with E-state index in [1.807, 2.05) is 0 Å². The number of rotatable bonds is 2. The molecule has 2 saturated carbocycles. The molecule has 0 aliphatic heterocycles. The third-order valence-electron chi connectivity index (χ3n) is 6.03. The number of benzene rings is 1. The zero-order valence-corrected chi connectivity index (χ0v) is 16.7. The Morgan fingerprint density at radius 1 is 0.826 bits per heavy atom. The molecular weight excluding hydrogens is 371 g/mol. The summed E-state index contributed by atoms with van der Waals surface area (Å²) in [6.45, 7) is 2.34. The molecule has 0 atom stereocenters. The van der Waals surface area contributed by atoms with Gasteiger partial charge in [-0.05, 0) is 73.8 Å². The fourth-order valence-corrected chi connectivity index (χ4v) is 4.53. The van der Waals surface area contributed by atoms with Crippen molar-refractivity contribution in [1.29, 1.82) is 0 Å². The molecule has 23 heavy (non-hydrogen) atoms. The van der Waals surface area contributed by atoms with Crippen LogP contribution >= 0.6 is 0 Å². The minimum absolute atomic E-state index is 0. The van der Waals surface area contributed by atoms with Gasteiger partial charge < -0.3 is 5.11 Å². The van der Waals surface area contributed by atoms with Crippen molar-refractivity contribution in [1.82, 2.24) is 0 Å². The van der Waals surface area contributed by atoms with Crippen molar-refractivity contribution in [2.45, 2.75) is 64.2 Å². The van der Waals surface area contributed by atoms with E-state index in [1.165, 1.54) is 31.7 Å². The van der Waals surface area contributed by atoms with Crippen LogP contribution in [0.1, 0.15) is 69.8 Å². The van der Waals surface area contributed by atoms with Crippen molar-refractivity contribution in [3.63, 3.8) is 0 Å². The van der Waals surface area contributed by atoms with Crippen LogP contribution in [0.4, 0.5) is 8.78 Å². The van der Waals surface area contributed by atoms with Gasteiger partial charge in [-0.1, -0.05) is 25.8 Å². The van der Waals surface area contributed by atoms with E-state index in [0.29, 0.717) is 5.56 Å². The van der Waals surface area contributed by atoms with Crippen LogP contribution in [0.25, 0.3) is 0 Å². The van der Waals surface area contributed by atoms with Crippen molar-refractivity contribution >= 4 is 0 Å². The van der Waals surface area contributed by atoms with Crippen LogP contribution < -0.4 is 0 Å². The van der Waals surface area contributed by atoms with E-state index < -0.39 is 17.4 Å². The summed E-state index contributed by atoms with van der Waals surface area (Å²) in [6.07, 6.45) is 9.54. The summed E-state index contributed by atoms with van der Waals surface area (Å²) >= 11 is 0. The van der Waals surface area contributed by atoms with E-state index in [9.17, 15) is 13.9 Å². The van der Waals surface area contributed by atoms with Crippen LogP contribution in [0, 0.1) is 29.4 Å². The predicted octanol–water partition coefficient (Wildman–Crippen LogP) is 5.77. The maximum atomic E-state index is 14.0. The van der Waals surface area contributed by atoms with Gasteiger partial charge in [0.15, 0.2) is 11.6 Å². The molecule has 1 aromatic carbocycles. The Morgan fingerprint density at radius 2 is 1.35 bits per heavy atom. The standard InChI is InChI=1S/C19H26F2O.Y/c1-12-2-4-13(5-3-12)14-6-8-15(9-7-14)16-10-11-17(22)19(21)18(16)20;/h10-15,22H,2-9H2,1H3;. The molecule has 1 aromatic rings. The Morgan fingerprint density at radius 3 is 1.91 bits per heavy atom. The van der Waals surface area contributed by atoms with E-state index in [0.717, 1.165) is 43.4 Å². The van der Waals surface area contributed by atoms with Crippen LogP contribution in [-0.2, 0) is 32.7 Å². The van der Waals surface area contributed by atoms with Crippen LogP contribution in [0.2, 0.25) is 0 Å². The first-order chi connectivity index (χ1) is 10.6. The maximum Gasteiger partial charge on any atom is 0.200 e. The molecule has 0 unspecified atom stereocenters. The van der Waals surface area contributed by atoms with Gasteiger partial charge in [-0.2, -0.15) is 4.39 Å². The van der Waals surface area contributed by atoms with Gasteiger partial charge in [0.1, 0.15) is 0 Å². The molecule has 4 heteroatoms. The summed E-state index contributed by atoms with van der Waals surface area (Å²) in [6, 6.07) is 2.84. The maximum absolute atomic E-state index is 14.0. The number of aromatic hydroxyl groups is 1. The van der Waals surface area contributed by atoms with E-state index in [-0.39, 0.29) is 38.6 Å². The summed E-state index contributed by atoms with van der Waals surface area (Å²) in [4.78, 5) is 0. The predicted molar refractivity (Wildman–Crippen MR) is 83.8 cm³/mol. The summed E-state index contributed by atoms with van der Waals surface area (Å²) in [7, 11) is 0. The smallest absolute Gasteiger partial charge is 0.200 e. The first-order valence-corrected chi connectivity index (χ1v) is 8.73. The molecule has 2 fully saturated rings. The summed E-state index contributed by atoms with van der Waals surface area (Å²) in [5.41, 5.74) is 0.450. The Bertz CT molecular complexity index is 518. The molecule has 0 heterocycles. The third-order valence-corrected chi connectivity index (χ3v) is 6.03. The number of phenols is 1. The molecule has 0 bridgehead atoms. The summed E-state index contributed by atoms with van der Waals surface area (Å²) in [5.74, 6) is 0.0601. The molecule has 0 saturated heterocycles. The van der Waals surface area contributed by atoms with Crippen molar-refractivity contribution in [2.24, 2.45) is 17.8 Å². The molecule has 125 valence electrons. The van der Waals surface area contributed by atoms with Gasteiger partial charge in [0.05, 0.1) is 0 Å². The van der Waals surface area contributed by atoms with Gasteiger partial charge in [0.25, 0.3) is 0 Å². The second-order valence-electron chi connectivity index (χ2n) is 7.43. The minimum atomic E-state index is -1.10. The topological polar surface area (TPSA) is 20.2 Å². The van der Waals surface area contributed by atoms with E-state index in [2.05, 4.69) is 6.92 Å². The van der Waals surface area contributed by atoms with Crippen molar-refractivity contribution in [3.8, 4) is 5.75 Å². The zero-order chi connectivity index (χ0) is 15.7. The van der Waals surface area contributed by atoms with Gasteiger partial charge in [0.2, 0.25) is 5.82 Å². The molecule has 1 N–H and O–H groups in total. The molecule has 0 aromatic heterocycles. The number of halogens is 2. The third kappa shape index (κ3) is 4.34. The quantitative estimate of drug-likeness (QED) is 0.672. The Labute approximate surface area is 163 Å². The molecule has 3 rings (SSSR count). The number of hydrogen-bond acceptors (Lipinski definition) is 1. The first kappa shape index (κ1) is 19.3. The van der Waals surface area contributed by atoms with Crippen LogP contribution in [0.15, 0.2) is 12.1 Å².